The van der Waals surface area contributed by atoms with Crippen LogP contribution >= 0.6 is 15.9 Å². The van der Waals surface area contributed by atoms with Crippen LogP contribution in [0.15, 0.2) is 9.40 Å². The Bertz CT molecular complexity index is 352. The van der Waals surface area contributed by atoms with Gasteiger partial charge >= 0.3 is 0 Å². The third-order valence-electron chi connectivity index (χ3n) is 2.42. The van der Waals surface area contributed by atoms with Crippen LogP contribution in [0.5, 0.6) is 0 Å². The minimum Gasteiger partial charge on any atom is -0.314 e. The molecular weight excluding hydrogens is 248 g/mol. The quantitative estimate of drug-likeness (QED) is 0.695. The average Bonchev–Trinajstić information content (AvgIpc) is 2.51. The lowest BCUT2D eigenvalue weighted by Gasteiger charge is -2.26. The Hall–Kier alpha value is -0.590. The van der Waals surface area contributed by atoms with Crippen molar-refractivity contribution < 1.29 is 0 Å². The van der Waals surface area contributed by atoms with E-state index in [1.807, 2.05) is 0 Å². The van der Waals surface area contributed by atoms with Gasteiger partial charge in [0.05, 0.1) is 5.56 Å². The Labute approximate surface area is 90.0 Å². The number of aromatic amines is 2. The predicted octanol–water partition coefficient (Wildman–Crippen LogP) is -0.129. The number of nitrogens with zero attached hydrogens (tertiary/aromatic N) is 1. The van der Waals surface area contributed by atoms with Crippen molar-refractivity contribution in [1.29, 1.82) is 0 Å². The molecule has 5 nitrogen and oxygen atoms in total. The molecule has 0 amide bonds. The Morgan fingerprint density at radius 3 is 2.57 bits per heavy atom. The smallest absolute Gasteiger partial charge is 0.269 e. The van der Waals surface area contributed by atoms with Crippen LogP contribution in [0.25, 0.3) is 0 Å². The summed E-state index contributed by atoms with van der Waals surface area (Å²) in [5.41, 5.74) is 0.752. The van der Waals surface area contributed by atoms with E-state index in [2.05, 4.69) is 36.3 Å². The summed E-state index contributed by atoms with van der Waals surface area (Å²) >= 11 is 3.31. The molecule has 0 unspecified atom stereocenters. The van der Waals surface area contributed by atoms with E-state index in [0.717, 1.165) is 36.3 Å². The van der Waals surface area contributed by atoms with Gasteiger partial charge in [0.1, 0.15) is 4.60 Å². The molecule has 0 spiro atoms. The van der Waals surface area contributed by atoms with Gasteiger partial charge in [0, 0.05) is 32.7 Å². The number of hydrogen-bond acceptors (Lipinski definition) is 3. The fraction of sp³-hybridized carbons (Fsp3) is 0.625. The van der Waals surface area contributed by atoms with Crippen LogP contribution in [0.2, 0.25) is 0 Å². The highest BCUT2D eigenvalue weighted by Crippen LogP contribution is 2.10. The van der Waals surface area contributed by atoms with Crippen LogP contribution in [0.1, 0.15) is 5.56 Å². The zero-order valence-electron chi connectivity index (χ0n) is 7.77. The van der Waals surface area contributed by atoms with E-state index in [-0.39, 0.29) is 5.56 Å². The zero-order valence-corrected chi connectivity index (χ0v) is 9.35. The van der Waals surface area contributed by atoms with Crippen LogP contribution < -0.4 is 10.9 Å². The van der Waals surface area contributed by atoms with Crippen LogP contribution in [-0.4, -0.2) is 41.3 Å². The summed E-state index contributed by atoms with van der Waals surface area (Å²) in [6.45, 7) is 4.70. The van der Waals surface area contributed by atoms with Gasteiger partial charge in [-0.1, -0.05) is 0 Å². The summed E-state index contributed by atoms with van der Waals surface area (Å²) in [5.74, 6) is 0. The molecule has 0 atom stereocenters. The van der Waals surface area contributed by atoms with Gasteiger partial charge in [-0.05, 0) is 15.9 Å². The van der Waals surface area contributed by atoms with Gasteiger partial charge in [0.15, 0.2) is 0 Å². The third-order valence-corrected chi connectivity index (χ3v) is 3.09. The summed E-state index contributed by atoms with van der Waals surface area (Å²) in [6, 6.07) is 0. The maximum Gasteiger partial charge on any atom is 0.269 e. The first-order valence-corrected chi connectivity index (χ1v) is 5.45. The first-order valence-electron chi connectivity index (χ1n) is 4.65. The second-order valence-corrected chi connectivity index (χ2v) is 4.19. The zero-order chi connectivity index (χ0) is 9.97. The molecular formula is C8H13BrN4O. The fourth-order valence-corrected chi connectivity index (χ4v) is 2.00. The molecule has 0 aromatic carbocycles. The van der Waals surface area contributed by atoms with Crippen molar-refractivity contribution in [3.05, 3.63) is 20.5 Å². The number of hydrogen-bond donors (Lipinski definition) is 3. The van der Waals surface area contributed by atoms with Crippen LogP contribution in [0, 0.1) is 0 Å². The monoisotopic (exact) mass is 260 g/mol. The summed E-state index contributed by atoms with van der Waals surface area (Å²) in [7, 11) is 0. The van der Waals surface area contributed by atoms with Gasteiger partial charge in [0.2, 0.25) is 0 Å². The number of halogens is 1. The van der Waals surface area contributed by atoms with Crippen LogP contribution in [-0.2, 0) is 6.54 Å². The molecule has 0 bridgehead atoms. The number of H-pyrrole nitrogens is 2. The molecule has 14 heavy (non-hydrogen) atoms. The normalized spacial score (nSPS) is 18.6. The fourth-order valence-electron chi connectivity index (χ4n) is 1.60. The highest BCUT2D eigenvalue weighted by Gasteiger charge is 2.14. The molecule has 2 heterocycles. The van der Waals surface area contributed by atoms with E-state index in [1.54, 1.807) is 0 Å². The highest BCUT2D eigenvalue weighted by atomic mass is 79.9. The van der Waals surface area contributed by atoms with E-state index in [1.165, 1.54) is 0 Å². The number of piperazine rings is 1. The summed E-state index contributed by atoms with van der Waals surface area (Å²) in [4.78, 5) is 13.6. The van der Waals surface area contributed by atoms with Crippen LogP contribution in [0.4, 0.5) is 0 Å². The van der Waals surface area contributed by atoms with Crippen molar-refractivity contribution in [3.63, 3.8) is 0 Å². The number of nitrogens with one attached hydrogen (secondary N) is 3. The molecule has 0 radical (unpaired) electrons. The lowest BCUT2D eigenvalue weighted by atomic mass is 10.3. The molecule has 1 fully saturated rings. The van der Waals surface area contributed by atoms with Gasteiger partial charge in [-0.25, -0.2) is 0 Å². The molecule has 2 rings (SSSR count). The topological polar surface area (TPSA) is 63.9 Å². The first kappa shape index (κ1) is 9.95. The first-order chi connectivity index (χ1) is 6.77. The van der Waals surface area contributed by atoms with E-state index in [0.29, 0.717) is 6.54 Å². The maximum atomic E-state index is 11.4. The Morgan fingerprint density at radius 1 is 1.29 bits per heavy atom. The van der Waals surface area contributed by atoms with Crippen LogP contribution in [0.3, 0.4) is 0 Å². The molecule has 1 aromatic heterocycles. The van der Waals surface area contributed by atoms with E-state index >= 15 is 0 Å². The van der Waals surface area contributed by atoms with Crippen molar-refractivity contribution in [2.75, 3.05) is 26.2 Å². The van der Waals surface area contributed by atoms with E-state index in [9.17, 15) is 4.79 Å². The second-order valence-electron chi connectivity index (χ2n) is 3.40. The molecule has 0 aliphatic carbocycles. The third kappa shape index (κ3) is 2.08. The lowest BCUT2D eigenvalue weighted by Crippen LogP contribution is -2.43. The number of aromatic nitrogens is 2. The van der Waals surface area contributed by atoms with Crippen molar-refractivity contribution in [2.45, 2.75) is 6.54 Å². The van der Waals surface area contributed by atoms with Crippen molar-refractivity contribution in [1.82, 2.24) is 20.4 Å². The molecule has 6 heteroatoms. The summed E-state index contributed by atoms with van der Waals surface area (Å²) in [5, 5.41) is 8.60. The average molecular weight is 261 g/mol. The molecule has 1 aliphatic heterocycles. The van der Waals surface area contributed by atoms with Crippen molar-refractivity contribution in [2.24, 2.45) is 0 Å². The summed E-state index contributed by atoms with van der Waals surface area (Å²) in [6.07, 6.45) is 0. The van der Waals surface area contributed by atoms with Gasteiger partial charge < -0.3 is 5.32 Å². The predicted molar refractivity (Wildman–Crippen MR) is 57.3 cm³/mol. The molecule has 1 saturated heterocycles. The summed E-state index contributed by atoms with van der Waals surface area (Å²) < 4.78 is 0.765. The van der Waals surface area contributed by atoms with Crippen molar-refractivity contribution in [3.8, 4) is 0 Å². The van der Waals surface area contributed by atoms with E-state index in [4.69, 9.17) is 0 Å². The molecule has 0 saturated carbocycles. The minimum absolute atomic E-state index is 0.0320. The number of rotatable bonds is 2. The van der Waals surface area contributed by atoms with E-state index < -0.39 is 0 Å². The van der Waals surface area contributed by atoms with Gasteiger partial charge in [-0.2, -0.15) is 0 Å². The van der Waals surface area contributed by atoms with Gasteiger partial charge in [-0.3, -0.25) is 19.9 Å². The van der Waals surface area contributed by atoms with Gasteiger partial charge in [0.25, 0.3) is 5.56 Å². The molecule has 1 aromatic rings. The SMILES string of the molecule is O=c1[nH][nH]c(Br)c1CN1CCNCC1. The Morgan fingerprint density at radius 2 is 2.00 bits per heavy atom. The molecule has 1 aliphatic rings. The largest absolute Gasteiger partial charge is 0.314 e. The van der Waals surface area contributed by atoms with Gasteiger partial charge in [-0.15, -0.1) is 0 Å². The Kier molecular flexibility index (Phi) is 3.05. The second kappa shape index (κ2) is 4.29. The lowest BCUT2D eigenvalue weighted by molar-refractivity contribution is 0.232. The minimum atomic E-state index is -0.0320. The standard InChI is InChI=1S/C8H13BrN4O/c9-7-6(8(14)12-11-7)5-13-3-1-10-2-4-13/h10H,1-5H2,(H2,11,12,14). The van der Waals surface area contributed by atoms with Crippen molar-refractivity contribution >= 4 is 15.9 Å². The highest BCUT2D eigenvalue weighted by molar-refractivity contribution is 9.10. The molecule has 78 valence electrons. The Balaban J connectivity index is 2.06. The maximum absolute atomic E-state index is 11.4. The molecule has 3 N–H and O–H groups in total.